The highest BCUT2D eigenvalue weighted by atomic mass is 16.5. The van der Waals surface area contributed by atoms with Crippen molar-refractivity contribution in [2.75, 3.05) is 26.3 Å². The quantitative estimate of drug-likeness (QED) is 0.0199. The lowest BCUT2D eigenvalue weighted by Gasteiger charge is -2.37. The van der Waals surface area contributed by atoms with Crippen LogP contribution in [0.1, 0.15) is 90.0 Å². The third kappa shape index (κ3) is 13.9. The molecule has 0 spiro atoms. The number of carbonyl (C=O) groups is 4. The monoisotopic (exact) mass is 916 g/mol. The Hall–Kier alpha value is -6.67. The van der Waals surface area contributed by atoms with Gasteiger partial charge < -0.3 is 35.9 Å². The van der Waals surface area contributed by atoms with Crippen LogP contribution < -0.4 is 47.6 Å². The lowest BCUT2D eigenvalue weighted by molar-refractivity contribution is -0.459. The summed E-state index contributed by atoms with van der Waals surface area (Å²) in [6.07, 6.45) is 6.29. The molecule has 1 aliphatic rings. The molecule has 14 heteroatoms. The number of unbranched alkanes of at least 4 members (excludes halogenated alkanes) is 1. The molecule has 0 radical (unpaired) electrons. The summed E-state index contributed by atoms with van der Waals surface area (Å²) in [6.45, 7) is 5.53. The maximum absolute atomic E-state index is 14.3. The van der Waals surface area contributed by atoms with Gasteiger partial charge in [0.05, 0.1) is 19.7 Å². The van der Waals surface area contributed by atoms with Crippen LogP contribution >= 0.6 is 0 Å². The number of fused-ring (bicyclic) bond motifs is 2. The predicted molar refractivity (Wildman–Crippen MR) is 261 cm³/mol. The number of benzene rings is 5. The summed E-state index contributed by atoms with van der Waals surface area (Å²) in [5.41, 5.74) is 16.5. The van der Waals surface area contributed by atoms with E-state index in [1.165, 1.54) is 0 Å². The SMILES string of the molecule is CC(C)CCOc1ccc2ccccc2c1-c1c(OCC(=O)N[C@H](CCCC[NH3+])C(=O)N[C@H](CCC[NH+]=C(N)N)C(=O)NC2(C(=O)OCc3ccccc3)CCCCC2)ccc2ccccc12. The van der Waals surface area contributed by atoms with Crippen molar-refractivity contribution in [2.24, 2.45) is 17.4 Å². The second kappa shape index (κ2) is 24.7. The van der Waals surface area contributed by atoms with Gasteiger partial charge in [-0.15, -0.1) is 0 Å². The zero-order chi connectivity index (χ0) is 47.6. The molecule has 5 aromatic carbocycles. The fourth-order valence-corrected chi connectivity index (χ4v) is 8.64. The van der Waals surface area contributed by atoms with Crippen molar-refractivity contribution in [3.8, 4) is 22.6 Å². The third-order valence-electron chi connectivity index (χ3n) is 12.3. The van der Waals surface area contributed by atoms with E-state index in [2.05, 4.69) is 58.7 Å². The fraction of sp³-hybridized carbons (Fsp3) is 0.415. The second-order valence-electron chi connectivity index (χ2n) is 17.9. The zero-order valence-corrected chi connectivity index (χ0v) is 39.1. The Labute approximate surface area is 393 Å². The normalized spacial score (nSPS) is 14.1. The first-order chi connectivity index (χ1) is 32.5. The molecule has 5 aromatic rings. The molecule has 14 nitrogen and oxygen atoms in total. The number of rotatable bonds is 24. The number of quaternary nitrogens is 1. The molecule has 0 heterocycles. The van der Waals surface area contributed by atoms with E-state index in [1.54, 1.807) is 0 Å². The Balaban J connectivity index is 1.22. The molecule has 11 N–H and O–H groups in total. The minimum atomic E-state index is -1.26. The molecule has 0 saturated heterocycles. The van der Waals surface area contributed by atoms with Crippen LogP contribution in [0.4, 0.5) is 0 Å². The molecule has 6 rings (SSSR count). The number of nitrogens with two attached hydrogens (primary N) is 2. The van der Waals surface area contributed by atoms with E-state index < -0.39 is 41.3 Å². The molecule has 67 heavy (non-hydrogen) atoms. The van der Waals surface area contributed by atoms with Gasteiger partial charge in [0.15, 0.2) is 6.61 Å². The van der Waals surface area contributed by atoms with Crippen LogP contribution in [0.5, 0.6) is 11.5 Å². The molecule has 3 amide bonds. The molecule has 2 atom stereocenters. The summed E-state index contributed by atoms with van der Waals surface area (Å²) in [5.74, 6) is -0.393. The van der Waals surface area contributed by atoms with Gasteiger partial charge in [0, 0.05) is 11.1 Å². The molecule has 356 valence electrons. The summed E-state index contributed by atoms with van der Waals surface area (Å²) >= 11 is 0. The van der Waals surface area contributed by atoms with Gasteiger partial charge in [-0.1, -0.05) is 124 Å². The van der Waals surface area contributed by atoms with Crippen molar-refractivity contribution >= 4 is 51.2 Å². The van der Waals surface area contributed by atoms with Gasteiger partial charge in [0.1, 0.15) is 35.7 Å². The molecule has 1 fully saturated rings. The average molecular weight is 916 g/mol. The first-order valence-electron chi connectivity index (χ1n) is 23.8. The lowest BCUT2D eigenvalue weighted by atomic mass is 9.81. The van der Waals surface area contributed by atoms with Gasteiger partial charge in [0.25, 0.3) is 5.91 Å². The number of esters is 1. The highest BCUT2D eigenvalue weighted by molar-refractivity contribution is 6.10. The Bertz CT molecular complexity index is 2470. The van der Waals surface area contributed by atoms with Gasteiger partial charge in [-0.2, -0.15) is 0 Å². The maximum Gasteiger partial charge on any atom is 0.338 e. The van der Waals surface area contributed by atoms with Gasteiger partial charge in [-0.05, 0) is 96.5 Å². The summed E-state index contributed by atoms with van der Waals surface area (Å²) in [4.78, 5) is 59.3. The number of carbonyl (C=O) groups excluding carboxylic acids is 4. The van der Waals surface area contributed by atoms with Crippen LogP contribution in [0.2, 0.25) is 0 Å². The van der Waals surface area contributed by atoms with E-state index in [9.17, 15) is 19.2 Å². The molecular formula is C53H69N7O7+2. The first-order valence-corrected chi connectivity index (χ1v) is 23.8. The van der Waals surface area contributed by atoms with E-state index >= 15 is 0 Å². The van der Waals surface area contributed by atoms with E-state index in [0.717, 1.165) is 70.3 Å². The number of nitrogens with one attached hydrogen (secondary N) is 4. The van der Waals surface area contributed by atoms with E-state index in [0.29, 0.717) is 69.2 Å². The van der Waals surface area contributed by atoms with Gasteiger partial charge >= 0.3 is 11.9 Å². The van der Waals surface area contributed by atoms with E-state index in [-0.39, 0.29) is 25.6 Å². The van der Waals surface area contributed by atoms with Crippen LogP contribution in [-0.2, 0) is 30.5 Å². The van der Waals surface area contributed by atoms with Crippen LogP contribution in [0.25, 0.3) is 32.7 Å². The molecule has 1 saturated carbocycles. The van der Waals surface area contributed by atoms with Gasteiger partial charge in [0.2, 0.25) is 11.8 Å². The zero-order valence-electron chi connectivity index (χ0n) is 39.1. The van der Waals surface area contributed by atoms with Crippen molar-refractivity contribution in [3.63, 3.8) is 0 Å². The predicted octanol–water partition coefficient (Wildman–Crippen LogP) is 4.54. The van der Waals surface area contributed by atoms with Crippen molar-refractivity contribution < 1.29 is 44.1 Å². The van der Waals surface area contributed by atoms with Crippen molar-refractivity contribution in [2.45, 2.75) is 109 Å². The van der Waals surface area contributed by atoms with Crippen molar-refractivity contribution in [3.05, 3.63) is 109 Å². The fourth-order valence-electron chi connectivity index (χ4n) is 8.64. The number of amides is 3. The van der Waals surface area contributed by atoms with Crippen molar-refractivity contribution in [1.82, 2.24) is 16.0 Å². The number of hydrogen-bond acceptors (Lipinski definition) is 7. The molecular weight excluding hydrogens is 847 g/mol. The minimum Gasteiger partial charge on any atom is -0.493 e. The number of hydrogen-bond donors (Lipinski definition) is 7. The smallest absolute Gasteiger partial charge is 0.338 e. The molecule has 0 aromatic heterocycles. The standard InChI is InChI=1S/C53H67N7O7/c1-36(2)28-33-65-44-26-24-38-18-7-9-20-40(38)47(44)48-41-21-10-8-19-39(41)25-27-45(48)66-35-46(61)58-42(22-11-14-31-54)49(62)59-43(23-15-32-57-52(55)56)50(63)60-53(29-12-4-13-30-53)51(64)67-34-37-16-5-3-6-17-37/h3,5-10,16-21,24-27,36,42-43H,4,11-15,22-23,28-35,54H2,1-2H3,(H,58,61)(H,59,62)(H,60,63)(H4,55,56,57)/p+2/t42-,43-/m1/s1. The lowest BCUT2D eigenvalue weighted by Crippen LogP contribution is -2.78. The third-order valence-corrected chi connectivity index (χ3v) is 12.3. The van der Waals surface area contributed by atoms with Crippen molar-refractivity contribution in [1.29, 1.82) is 0 Å². The summed E-state index contributed by atoms with van der Waals surface area (Å²) in [7, 11) is 0. The van der Waals surface area contributed by atoms with Gasteiger partial charge in [-0.25, -0.2) is 4.79 Å². The topological polar surface area (TPSA) is 226 Å². The van der Waals surface area contributed by atoms with E-state index in [4.69, 9.17) is 25.7 Å². The minimum absolute atomic E-state index is 0.0334. The Morgan fingerprint density at radius 2 is 1.28 bits per heavy atom. The molecule has 0 bridgehead atoms. The largest absolute Gasteiger partial charge is 0.493 e. The maximum atomic E-state index is 14.3. The van der Waals surface area contributed by atoms with Crippen LogP contribution in [0.15, 0.2) is 103 Å². The molecule has 1 aliphatic carbocycles. The number of guanidine groups is 1. The summed E-state index contributed by atoms with van der Waals surface area (Å²) < 4.78 is 18.7. The van der Waals surface area contributed by atoms with Crippen LogP contribution in [-0.4, -0.2) is 73.6 Å². The Morgan fingerprint density at radius 3 is 1.91 bits per heavy atom. The summed E-state index contributed by atoms with van der Waals surface area (Å²) in [6, 6.07) is 31.4. The highest BCUT2D eigenvalue weighted by Crippen LogP contribution is 2.45. The van der Waals surface area contributed by atoms with Crippen LogP contribution in [0.3, 0.4) is 0 Å². The Kier molecular flexibility index (Phi) is 18.4. The summed E-state index contributed by atoms with van der Waals surface area (Å²) in [5, 5.41) is 12.8. The van der Waals surface area contributed by atoms with Gasteiger partial charge in [-0.3, -0.25) is 30.8 Å². The number of ether oxygens (including phenoxy) is 3. The first kappa shape index (κ1) is 49.8. The van der Waals surface area contributed by atoms with Crippen LogP contribution in [0, 0.1) is 5.92 Å². The Morgan fingerprint density at radius 1 is 0.687 bits per heavy atom. The average Bonchev–Trinajstić information content (AvgIpc) is 3.33. The highest BCUT2D eigenvalue weighted by Gasteiger charge is 2.44. The van der Waals surface area contributed by atoms with E-state index in [1.807, 2.05) is 84.9 Å². The second-order valence-corrected chi connectivity index (χ2v) is 17.9. The molecule has 0 unspecified atom stereocenters. The molecule has 0 aliphatic heterocycles.